The fourth-order valence-corrected chi connectivity index (χ4v) is 2.70. The van der Waals surface area contributed by atoms with E-state index in [2.05, 4.69) is 21.9 Å². The first-order chi connectivity index (χ1) is 10.7. The van der Waals surface area contributed by atoms with E-state index in [0.29, 0.717) is 29.8 Å². The number of hydrogen-bond acceptors (Lipinski definition) is 5. The number of nitrogens with one attached hydrogen (secondary N) is 1. The molecule has 0 radical (unpaired) electrons. The van der Waals surface area contributed by atoms with Crippen LogP contribution in [0.1, 0.15) is 30.3 Å². The highest BCUT2D eigenvalue weighted by molar-refractivity contribution is 5.97. The van der Waals surface area contributed by atoms with Gasteiger partial charge >= 0.3 is 5.97 Å². The highest BCUT2D eigenvalue weighted by Crippen LogP contribution is 2.33. The zero-order valence-corrected chi connectivity index (χ0v) is 12.6. The Morgan fingerprint density at radius 1 is 1.55 bits per heavy atom. The largest absolute Gasteiger partial charge is 0.461 e. The summed E-state index contributed by atoms with van der Waals surface area (Å²) >= 11 is 0. The maximum absolute atomic E-state index is 12.0. The van der Waals surface area contributed by atoms with Crippen LogP contribution in [0.3, 0.4) is 0 Å². The Labute approximate surface area is 129 Å². The lowest BCUT2D eigenvalue weighted by molar-refractivity contribution is 0.0520. The first kappa shape index (κ1) is 14.5. The van der Waals surface area contributed by atoms with Crippen LogP contribution in [0.15, 0.2) is 37.2 Å². The van der Waals surface area contributed by atoms with E-state index in [1.807, 2.05) is 12.1 Å². The topological polar surface area (TPSA) is 64.1 Å². The smallest absolute Gasteiger partial charge is 0.357 e. The third-order valence-electron chi connectivity index (χ3n) is 3.96. The molecule has 5 heteroatoms. The lowest BCUT2D eigenvalue weighted by Gasteiger charge is -2.34. The van der Waals surface area contributed by atoms with Gasteiger partial charge in [0.2, 0.25) is 0 Å². The summed E-state index contributed by atoms with van der Waals surface area (Å²) in [6.07, 6.45) is 7.51. The summed E-state index contributed by atoms with van der Waals surface area (Å²) in [6, 6.07) is 4.07. The molecule has 1 saturated carbocycles. The number of ether oxygens (including phenoxy) is 1. The number of esters is 1. The zero-order valence-electron chi connectivity index (χ0n) is 12.6. The van der Waals surface area contributed by atoms with Crippen LogP contribution in [0.4, 0.5) is 5.69 Å². The molecule has 1 fully saturated rings. The van der Waals surface area contributed by atoms with Gasteiger partial charge in [0.25, 0.3) is 0 Å². The van der Waals surface area contributed by atoms with Gasteiger partial charge < -0.3 is 10.1 Å². The molecule has 1 N–H and O–H groups in total. The fourth-order valence-electron chi connectivity index (χ4n) is 2.70. The summed E-state index contributed by atoms with van der Waals surface area (Å²) in [4.78, 5) is 20.4. The molecule has 114 valence electrons. The minimum atomic E-state index is -0.408. The SMILES string of the molecule is C=CC1CC(Nc2cc(C(=O)OCC)nc3cnccc23)C1. The molecule has 0 amide bonds. The van der Waals surface area contributed by atoms with E-state index in [0.717, 1.165) is 23.9 Å². The molecule has 1 aliphatic rings. The van der Waals surface area contributed by atoms with Gasteiger partial charge in [0, 0.05) is 23.3 Å². The Morgan fingerprint density at radius 2 is 2.36 bits per heavy atom. The van der Waals surface area contributed by atoms with Crippen molar-refractivity contribution in [3.8, 4) is 0 Å². The van der Waals surface area contributed by atoms with Crippen LogP contribution in [0.5, 0.6) is 0 Å². The number of carbonyl (C=O) groups excluding carboxylic acids is 1. The summed E-state index contributed by atoms with van der Waals surface area (Å²) < 4.78 is 5.05. The maximum Gasteiger partial charge on any atom is 0.357 e. The first-order valence-electron chi connectivity index (χ1n) is 7.52. The van der Waals surface area contributed by atoms with E-state index in [1.54, 1.807) is 25.4 Å². The number of anilines is 1. The van der Waals surface area contributed by atoms with Gasteiger partial charge in [0.05, 0.1) is 18.3 Å². The van der Waals surface area contributed by atoms with Gasteiger partial charge in [-0.05, 0) is 37.8 Å². The summed E-state index contributed by atoms with van der Waals surface area (Å²) in [7, 11) is 0. The average molecular weight is 297 g/mol. The molecule has 22 heavy (non-hydrogen) atoms. The van der Waals surface area contributed by atoms with Crippen molar-refractivity contribution in [1.82, 2.24) is 9.97 Å². The van der Waals surface area contributed by atoms with Crippen LogP contribution in [0.2, 0.25) is 0 Å². The van der Waals surface area contributed by atoms with Crippen LogP contribution in [-0.4, -0.2) is 28.6 Å². The van der Waals surface area contributed by atoms with Gasteiger partial charge in [0.1, 0.15) is 0 Å². The van der Waals surface area contributed by atoms with Gasteiger partial charge in [-0.2, -0.15) is 0 Å². The monoisotopic (exact) mass is 297 g/mol. The van der Waals surface area contributed by atoms with Crippen LogP contribution in [0, 0.1) is 5.92 Å². The standard InChI is InChI=1S/C17H19N3O2/c1-3-11-7-12(8-11)19-14-9-15(17(21)22-4-2)20-16-10-18-6-5-13(14)16/h3,5-6,9-12H,1,4,7-8H2,2H3,(H,19,20). The van der Waals surface area contributed by atoms with Gasteiger partial charge in [-0.15, -0.1) is 6.58 Å². The molecule has 0 bridgehead atoms. The highest BCUT2D eigenvalue weighted by atomic mass is 16.5. The molecule has 0 unspecified atom stereocenters. The number of rotatable bonds is 5. The molecule has 0 spiro atoms. The fraction of sp³-hybridized carbons (Fsp3) is 0.353. The van der Waals surface area contributed by atoms with Crippen molar-refractivity contribution in [2.24, 2.45) is 5.92 Å². The predicted octanol–water partition coefficient (Wildman–Crippen LogP) is 3.18. The molecule has 0 atom stereocenters. The van der Waals surface area contributed by atoms with Crippen molar-refractivity contribution in [3.63, 3.8) is 0 Å². The van der Waals surface area contributed by atoms with Crippen molar-refractivity contribution in [1.29, 1.82) is 0 Å². The number of pyridine rings is 2. The van der Waals surface area contributed by atoms with E-state index in [1.165, 1.54) is 0 Å². The van der Waals surface area contributed by atoms with Crippen LogP contribution in [0.25, 0.3) is 10.9 Å². The zero-order chi connectivity index (χ0) is 15.5. The lowest BCUT2D eigenvalue weighted by atomic mass is 9.80. The number of aromatic nitrogens is 2. The first-order valence-corrected chi connectivity index (χ1v) is 7.52. The summed E-state index contributed by atoms with van der Waals surface area (Å²) in [6.45, 7) is 5.94. The molecule has 0 aromatic carbocycles. The molecule has 5 nitrogen and oxygen atoms in total. The minimum Gasteiger partial charge on any atom is -0.461 e. The van der Waals surface area contributed by atoms with Crippen molar-refractivity contribution >= 4 is 22.6 Å². The van der Waals surface area contributed by atoms with Crippen molar-refractivity contribution in [2.45, 2.75) is 25.8 Å². The summed E-state index contributed by atoms with van der Waals surface area (Å²) in [5, 5.41) is 4.46. The van der Waals surface area contributed by atoms with E-state index in [9.17, 15) is 4.79 Å². The van der Waals surface area contributed by atoms with Gasteiger partial charge in [0.15, 0.2) is 5.69 Å². The Kier molecular flexibility index (Phi) is 4.04. The predicted molar refractivity (Wildman–Crippen MR) is 85.8 cm³/mol. The summed E-state index contributed by atoms with van der Waals surface area (Å²) in [5.74, 6) is 0.172. The quantitative estimate of drug-likeness (QED) is 0.678. The second kappa shape index (κ2) is 6.13. The van der Waals surface area contributed by atoms with Crippen LogP contribution in [-0.2, 0) is 4.74 Å². The van der Waals surface area contributed by atoms with E-state index >= 15 is 0 Å². The number of nitrogens with zero attached hydrogens (tertiary/aromatic N) is 2. The Morgan fingerprint density at radius 3 is 3.09 bits per heavy atom. The number of fused-ring (bicyclic) bond motifs is 1. The van der Waals surface area contributed by atoms with E-state index in [-0.39, 0.29) is 0 Å². The molecule has 0 saturated heterocycles. The van der Waals surface area contributed by atoms with Crippen LogP contribution >= 0.6 is 0 Å². The molecule has 2 aromatic heterocycles. The number of hydrogen-bond donors (Lipinski definition) is 1. The summed E-state index contributed by atoms with van der Waals surface area (Å²) in [5.41, 5.74) is 1.91. The number of carbonyl (C=O) groups is 1. The second-order valence-corrected chi connectivity index (χ2v) is 5.48. The Balaban J connectivity index is 1.92. The lowest BCUT2D eigenvalue weighted by Crippen LogP contribution is -2.34. The van der Waals surface area contributed by atoms with Gasteiger partial charge in [-0.25, -0.2) is 9.78 Å². The minimum absolute atomic E-state index is 0.310. The van der Waals surface area contributed by atoms with Crippen molar-refractivity contribution < 1.29 is 9.53 Å². The Bertz CT molecular complexity index is 708. The van der Waals surface area contributed by atoms with E-state index < -0.39 is 5.97 Å². The molecular weight excluding hydrogens is 278 g/mol. The third kappa shape index (κ3) is 2.79. The van der Waals surface area contributed by atoms with Gasteiger partial charge in [-0.3, -0.25) is 4.98 Å². The molecular formula is C17H19N3O2. The third-order valence-corrected chi connectivity index (χ3v) is 3.96. The maximum atomic E-state index is 12.0. The van der Waals surface area contributed by atoms with E-state index in [4.69, 9.17) is 4.74 Å². The molecule has 2 heterocycles. The molecule has 2 aromatic rings. The number of allylic oxidation sites excluding steroid dienone is 1. The molecule has 0 aliphatic heterocycles. The Hall–Kier alpha value is -2.43. The highest BCUT2D eigenvalue weighted by Gasteiger charge is 2.27. The van der Waals surface area contributed by atoms with Crippen molar-refractivity contribution in [3.05, 3.63) is 42.9 Å². The molecule has 3 rings (SSSR count). The normalized spacial score (nSPS) is 20.2. The second-order valence-electron chi connectivity index (χ2n) is 5.48. The average Bonchev–Trinajstić information content (AvgIpc) is 2.50. The van der Waals surface area contributed by atoms with Crippen molar-refractivity contribution in [2.75, 3.05) is 11.9 Å². The van der Waals surface area contributed by atoms with Gasteiger partial charge in [-0.1, -0.05) is 6.08 Å². The van der Waals surface area contributed by atoms with Crippen LogP contribution < -0.4 is 5.32 Å². The molecule has 1 aliphatic carbocycles.